The number of nitrogens with zero attached hydrogens (tertiary/aromatic N) is 2. The second kappa shape index (κ2) is 10.4. The number of benzene rings is 2. The van der Waals surface area contributed by atoms with E-state index in [0.29, 0.717) is 29.5 Å². The van der Waals surface area contributed by atoms with Gasteiger partial charge in [0.25, 0.3) is 0 Å². The van der Waals surface area contributed by atoms with Gasteiger partial charge in [0.2, 0.25) is 11.8 Å². The fraction of sp³-hybridized carbons (Fsp3) is 0.348. The molecule has 1 heterocycles. The molecule has 28 heavy (non-hydrogen) atoms. The molecule has 0 amide bonds. The van der Waals surface area contributed by atoms with Gasteiger partial charge < -0.3 is 9.15 Å². The van der Waals surface area contributed by atoms with Gasteiger partial charge in [0.05, 0.1) is 17.7 Å². The minimum Gasteiger partial charge on any atom is -0.462 e. The number of carbonyl (C=O) groups is 1. The maximum atomic E-state index is 12.5. The second-order valence-corrected chi connectivity index (χ2v) is 6.73. The van der Waals surface area contributed by atoms with Crippen LogP contribution in [0.15, 0.2) is 59.0 Å². The Morgan fingerprint density at radius 3 is 2.36 bits per heavy atom. The molecule has 0 radical (unpaired) electrons. The Kier molecular flexibility index (Phi) is 7.36. The lowest BCUT2D eigenvalue weighted by molar-refractivity contribution is 0.0498. The molecule has 1 aromatic heterocycles. The number of hydrogen-bond acceptors (Lipinski definition) is 5. The van der Waals surface area contributed by atoms with Crippen LogP contribution in [0.5, 0.6) is 0 Å². The molecule has 5 nitrogen and oxygen atoms in total. The molecule has 0 saturated carbocycles. The van der Waals surface area contributed by atoms with Crippen molar-refractivity contribution in [3.63, 3.8) is 0 Å². The summed E-state index contributed by atoms with van der Waals surface area (Å²) >= 11 is 0. The van der Waals surface area contributed by atoms with Crippen molar-refractivity contribution in [1.82, 2.24) is 10.2 Å². The Morgan fingerprint density at radius 2 is 1.54 bits per heavy atom. The van der Waals surface area contributed by atoms with Crippen LogP contribution in [0.2, 0.25) is 0 Å². The normalized spacial score (nSPS) is 10.8. The molecule has 146 valence electrons. The smallest absolute Gasteiger partial charge is 0.338 e. The summed E-state index contributed by atoms with van der Waals surface area (Å²) in [5, 5.41) is 8.23. The standard InChI is InChI=1S/C23H26N2O3/c1-2-3-4-5-6-12-17-27-23(26)20-16-11-10-15-19(20)22-25-24-21(28-22)18-13-8-7-9-14-18/h7-11,13-16H,2-6,12,17H2,1H3. The zero-order chi connectivity index (χ0) is 19.6. The van der Waals surface area contributed by atoms with Crippen molar-refractivity contribution >= 4 is 5.97 Å². The Balaban J connectivity index is 1.63. The second-order valence-electron chi connectivity index (χ2n) is 6.73. The fourth-order valence-corrected chi connectivity index (χ4v) is 3.00. The van der Waals surface area contributed by atoms with Crippen molar-refractivity contribution in [2.45, 2.75) is 45.4 Å². The van der Waals surface area contributed by atoms with Gasteiger partial charge in [-0.1, -0.05) is 69.4 Å². The molecule has 0 aliphatic rings. The monoisotopic (exact) mass is 378 g/mol. The third kappa shape index (κ3) is 5.28. The lowest BCUT2D eigenvalue weighted by Gasteiger charge is -2.07. The van der Waals surface area contributed by atoms with E-state index in [4.69, 9.17) is 9.15 Å². The van der Waals surface area contributed by atoms with Gasteiger partial charge in [-0.2, -0.15) is 0 Å². The molecule has 0 saturated heterocycles. The zero-order valence-electron chi connectivity index (χ0n) is 16.3. The number of unbranched alkanes of at least 4 members (excludes halogenated alkanes) is 5. The molecular weight excluding hydrogens is 352 g/mol. The molecule has 5 heteroatoms. The molecule has 0 aliphatic heterocycles. The summed E-state index contributed by atoms with van der Waals surface area (Å²) in [5.74, 6) is 0.375. The largest absolute Gasteiger partial charge is 0.462 e. The Hall–Kier alpha value is -2.95. The Morgan fingerprint density at radius 1 is 0.857 bits per heavy atom. The van der Waals surface area contributed by atoms with Gasteiger partial charge in [0.15, 0.2) is 0 Å². The van der Waals surface area contributed by atoms with Crippen LogP contribution in [-0.2, 0) is 4.74 Å². The molecular formula is C23H26N2O3. The van der Waals surface area contributed by atoms with Gasteiger partial charge in [-0.3, -0.25) is 0 Å². The minimum atomic E-state index is -0.358. The summed E-state index contributed by atoms with van der Waals surface area (Å²) in [4.78, 5) is 12.5. The number of esters is 1. The van der Waals surface area contributed by atoms with Crippen molar-refractivity contribution in [2.75, 3.05) is 6.61 Å². The number of aromatic nitrogens is 2. The predicted molar refractivity (Wildman–Crippen MR) is 109 cm³/mol. The number of ether oxygens (including phenoxy) is 1. The maximum absolute atomic E-state index is 12.5. The lowest BCUT2D eigenvalue weighted by atomic mass is 10.1. The predicted octanol–water partition coefficient (Wildman–Crippen LogP) is 5.92. The first kappa shape index (κ1) is 19.8. The third-order valence-electron chi connectivity index (χ3n) is 4.55. The lowest BCUT2D eigenvalue weighted by Crippen LogP contribution is -2.08. The summed E-state index contributed by atoms with van der Waals surface area (Å²) in [5.41, 5.74) is 1.87. The summed E-state index contributed by atoms with van der Waals surface area (Å²) in [6.07, 6.45) is 6.89. The van der Waals surface area contributed by atoms with Gasteiger partial charge in [-0.25, -0.2) is 4.79 Å². The highest BCUT2D eigenvalue weighted by molar-refractivity contribution is 5.96. The van der Waals surface area contributed by atoms with Crippen molar-refractivity contribution < 1.29 is 13.9 Å². The van der Waals surface area contributed by atoms with E-state index < -0.39 is 0 Å². The quantitative estimate of drug-likeness (QED) is 0.323. The van der Waals surface area contributed by atoms with E-state index in [1.165, 1.54) is 25.7 Å². The van der Waals surface area contributed by atoms with E-state index >= 15 is 0 Å². The van der Waals surface area contributed by atoms with Crippen LogP contribution < -0.4 is 0 Å². The summed E-state index contributed by atoms with van der Waals surface area (Å²) < 4.78 is 11.3. The third-order valence-corrected chi connectivity index (χ3v) is 4.55. The average Bonchev–Trinajstić information content (AvgIpc) is 3.24. The van der Waals surface area contributed by atoms with Crippen LogP contribution in [-0.4, -0.2) is 22.8 Å². The highest BCUT2D eigenvalue weighted by atomic mass is 16.5. The first-order valence-corrected chi connectivity index (χ1v) is 9.95. The molecule has 0 spiro atoms. The van der Waals surface area contributed by atoms with E-state index in [1.807, 2.05) is 36.4 Å². The minimum absolute atomic E-state index is 0.311. The number of carbonyl (C=O) groups excluding carboxylic acids is 1. The Bertz CT molecular complexity index is 874. The molecule has 3 rings (SSSR count). The zero-order valence-corrected chi connectivity index (χ0v) is 16.3. The van der Waals surface area contributed by atoms with Crippen LogP contribution in [0, 0.1) is 0 Å². The molecule has 0 bridgehead atoms. The Labute approximate surface area is 165 Å². The van der Waals surface area contributed by atoms with Crippen molar-refractivity contribution in [3.05, 3.63) is 60.2 Å². The van der Waals surface area contributed by atoms with Gasteiger partial charge in [0.1, 0.15) is 0 Å². The molecule has 2 aromatic carbocycles. The first-order valence-electron chi connectivity index (χ1n) is 9.95. The molecule has 0 unspecified atom stereocenters. The first-order chi connectivity index (χ1) is 13.8. The van der Waals surface area contributed by atoms with Gasteiger partial charge in [-0.15, -0.1) is 10.2 Å². The van der Waals surface area contributed by atoms with Crippen LogP contribution in [0.25, 0.3) is 22.9 Å². The van der Waals surface area contributed by atoms with E-state index in [9.17, 15) is 4.79 Å². The summed E-state index contributed by atoms with van der Waals surface area (Å²) in [7, 11) is 0. The van der Waals surface area contributed by atoms with E-state index in [-0.39, 0.29) is 5.97 Å². The average molecular weight is 378 g/mol. The molecule has 0 atom stereocenters. The van der Waals surface area contributed by atoms with Gasteiger partial charge in [0, 0.05) is 5.56 Å². The molecule has 0 aliphatic carbocycles. The number of hydrogen-bond donors (Lipinski definition) is 0. The van der Waals surface area contributed by atoms with Crippen LogP contribution in [0.1, 0.15) is 55.8 Å². The van der Waals surface area contributed by atoms with Crippen molar-refractivity contribution in [2.24, 2.45) is 0 Å². The molecule has 0 N–H and O–H groups in total. The van der Waals surface area contributed by atoms with Crippen LogP contribution >= 0.6 is 0 Å². The fourth-order valence-electron chi connectivity index (χ4n) is 3.00. The molecule has 0 fully saturated rings. The van der Waals surface area contributed by atoms with Crippen molar-refractivity contribution in [1.29, 1.82) is 0 Å². The van der Waals surface area contributed by atoms with Crippen molar-refractivity contribution in [3.8, 4) is 22.9 Å². The summed E-state index contributed by atoms with van der Waals surface area (Å²) in [6.45, 7) is 2.63. The van der Waals surface area contributed by atoms with Gasteiger partial charge >= 0.3 is 5.97 Å². The van der Waals surface area contributed by atoms with Gasteiger partial charge in [-0.05, 0) is 30.7 Å². The summed E-state index contributed by atoms with van der Waals surface area (Å²) in [6, 6.07) is 16.7. The van der Waals surface area contributed by atoms with Crippen LogP contribution in [0.4, 0.5) is 0 Å². The number of rotatable bonds is 10. The van der Waals surface area contributed by atoms with E-state index in [0.717, 1.165) is 18.4 Å². The highest BCUT2D eigenvalue weighted by Crippen LogP contribution is 2.26. The highest BCUT2D eigenvalue weighted by Gasteiger charge is 2.18. The van der Waals surface area contributed by atoms with E-state index in [1.54, 1.807) is 18.2 Å². The van der Waals surface area contributed by atoms with E-state index in [2.05, 4.69) is 17.1 Å². The topological polar surface area (TPSA) is 65.2 Å². The molecule has 3 aromatic rings. The van der Waals surface area contributed by atoms with Crippen LogP contribution in [0.3, 0.4) is 0 Å². The maximum Gasteiger partial charge on any atom is 0.338 e. The SMILES string of the molecule is CCCCCCCCOC(=O)c1ccccc1-c1nnc(-c2ccccc2)o1.